The maximum Gasteiger partial charge on any atom is 0.272 e. The fraction of sp³-hybridized carbons (Fsp3) is 0.290. The van der Waals surface area contributed by atoms with Gasteiger partial charge < -0.3 is 5.32 Å². The third-order valence-corrected chi connectivity index (χ3v) is 7.31. The molecule has 4 rings (SSSR count). The minimum atomic E-state index is -0.164. The number of benzene rings is 3. The highest BCUT2D eigenvalue weighted by Gasteiger charge is 2.23. The smallest absolute Gasteiger partial charge is 0.272 e. The molecule has 0 radical (unpaired) electrons. The van der Waals surface area contributed by atoms with Gasteiger partial charge in [0.25, 0.3) is 5.91 Å². The van der Waals surface area contributed by atoms with Crippen molar-refractivity contribution in [3.8, 4) is 5.69 Å². The zero-order valence-corrected chi connectivity index (χ0v) is 22.9. The van der Waals surface area contributed by atoms with Gasteiger partial charge in [-0.2, -0.15) is 5.10 Å². The Kier molecular flexibility index (Phi) is 9.43. The molecule has 6 heteroatoms. The van der Waals surface area contributed by atoms with Crippen molar-refractivity contribution in [1.82, 2.24) is 15.1 Å². The number of hydrogen-bond donors (Lipinski definition) is 1. The summed E-state index contributed by atoms with van der Waals surface area (Å²) < 4.78 is 1.81. The number of nitrogens with zero attached hydrogens (tertiary/aromatic N) is 2. The molecule has 1 aromatic heterocycles. The van der Waals surface area contributed by atoms with E-state index in [1.165, 1.54) is 5.56 Å². The number of rotatable bonds is 11. The van der Waals surface area contributed by atoms with Gasteiger partial charge in [-0.1, -0.05) is 90.6 Å². The van der Waals surface area contributed by atoms with E-state index in [0.717, 1.165) is 66.1 Å². The summed E-state index contributed by atoms with van der Waals surface area (Å²) in [5, 5.41) is 9.27. The molecule has 0 saturated heterocycles. The lowest BCUT2D eigenvalue weighted by Gasteiger charge is -2.14. The van der Waals surface area contributed by atoms with Gasteiger partial charge in [0.15, 0.2) is 5.69 Å². The number of halogens is 2. The number of carbonyl (C=O) groups is 1. The fourth-order valence-electron chi connectivity index (χ4n) is 4.60. The van der Waals surface area contributed by atoms with Crippen LogP contribution in [0, 0.1) is 6.92 Å². The molecular weight excluding hydrogens is 501 g/mol. The zero-order valence-electron chi connectivity index (χ0n) is 21.4. The first-order chi connectivity index (χ1) is 17.9. The van der Waals surface area contributed by atoms with Gasteiger partial charge in [0.1, 0.15) is 0 Å². The molecule has 0 saturated carbocycles. The molecule has 0 aliphatic rings. The summed E-state index contributed by atoms with van der Waals surface area (Å²) in [6, 6.07) is 25.5. The summed E-state index contributed by atoms with van der Waals surface area (Å²) in [4.78, 5) is 13.4. The summed E-state index contributed by atoms with van der Waals surface area (Å²) in [7, 11) is 0. The highest BCUT2D eigenvalue weighted by atomic mass is 35.5. The first-order valence-electron chi connectivity index (χ1n) is 12.9. The molecule has 1 heterocycles. The minimum absolute atomic E-state index is 0.125. The Morgan fingerprint density at radius 3 is 2.22 bits per heavy atom. The summed E-state index contributed by atoms with van der Waals surface area (Å²) >= 11 is 12.5. The largest absolute Gasteiger partial charge is 0.344 e. The fourth-order valence-corrected chi connectivity index (χ4v) is 4.94. The van der Waals surface area contributed by atoms with Crippen molar-refractivity contribution in [2.45, 2.75) is 58.4 Å². The van der Waals surface area contributed by atoms with Crippen molar-refractivity contribution >= 4 is 29.1 Å². The van der Waals surface area contributed by atoms with E-state index in [1.807, 2.05) is 80.6 Å². The van der Waals surface area contributed by atoms with Gasteiger partial charge in [-0.05, 0) is 74.9 Å². The molecule has 4 aromatic rings. The van der Waals surface area contributed by atoms with Gasteiger partial charge >= 0.3 is 0 Å². The topological polar surface area (TPSA) is 46.9 Å². The number of unbranched alkanes of at least 4 members (excludes halogenated alkanes) is 3. The van der Waals surface area contributed by atoms with Crippen LogP contribution in [0.4, 0.5) is 0 Å². The monoisotopic (exact) mass is 533 g/mol. The number of carbonyl (C=O) groups excluding carboxylic acids is 1. The van der Waals surface area contributed by atoms with Crippen LogP contribution in [0.1, 0.15) is 71.5 Å². The standard InChI is InChI=1S/C31H33Cl2N3O/c1-22(25-13-7-5-8-14-25)34-31(37)30-27(23(2)36(35-30)29-17-11-10-16-28(29)33)15-9-4-3-6-12-24-18-20-26(32)21-19-24/h5,7-8,10-11,13-14,16-22H,3-4,6,9,12,15H2,1-2H3,(H,34,37)/t22-/m0/s1. The van der Waals surface area contributed by atoms with E-state index in [0.29, 0.717) is 10.7 Å². The number of hydrogen-bond acceptors (Lipinski definition) is 2. The van der Waals surface area contributed by atoms with Crippen molar-refractivity contribution in [2.75, 3.05) is 0 Å². The second-order valence-electron chi connectivity index (χ2n) is 9.42. The van der Waals surface area contributed by atoms with Gasteiger partial charge in [-0.25, -0.2) is 4.68 Å². The number of para-hydroxylation sites is 1. The highest BCUT2D eigenvalue weighted by Crippen LogP contribution is 2.26. The van der Waals surface area contributed by atoms with E-state index < -0.39 is 0 Å². The lowest BCUT2D eigenvalue weighted by Crippen LogP contribution is -2.28. The third-order valence-electron chi connectivity index (χ3n) is 6.74. The van der Waals surface area contributed by atoms with Crippen LogP contribution in [0.15, 0.2) is 78.9 Å². The molecule has 0 bridgehead atoms. The van der Waals surface area contributed by atoms with Crippen LogP contribution in [0.3, 0.4) is 0 Å². The van der Waals surface area contributed by atoms with Crippen LogP contribution in [-0.4, -0.2) is 15.7 Å². The molecule has 0 aliphatic carbocycles. The Bertz CT molecular complexity index is 1320. The third kappa shape index (κ3) is 7.03. The number of aryl methyl sites for hydroxylation is 1. The predicted octanol–water partition coefficient (Wildman–Crippen LogP) is 8.32. The van der Waals surface area contributed by atoms with Crippen LogP contribution in [0.2, 0.25) is 10.0 Å². The molecule has 0 fully saturated rings. The first-order valence-corrected chi connectivity index (χ1v) is 13.6. The minimum Gasteiger partial charge on any atom is -0.344 e. The van der Waals surface area contributed by atoms with Gasteiger partial charge in [0.2, 0.25) is 0 Å². The van der Waals surface area contributed by atoms with Crippen LogP contribution in [0.5, 0.6) is 0 Å². The maximum atomic E-state index is 13.4. The Labute approximate surface area is 229 Å². The Morgan fingerprint density at radius 1 is 0.865 bits per heavy atom. The van der Waals surface area contributed by atoms with Gasteiger partial charge in [0.05, 0.1) is 16.8 Å². The van der Waals surface area contributed by atoms with E-state index in [9.17, 15) is 4.79 Å². The molecule has 37 heavy (non-hydrogen) atoms. The molecule has 1 N–H and O–H groups in total. The Morgan fingerprint density at radius 2 is 1.51 bits per heavy atom. The van der Waals surface area contributed by atoms with Crippen molar-refractivity contribution in [3.63, 3.8) is 0 Å². The average molecular weight is 535 g/mol. The lowest BCUT2D eigenvalue weighted by molar-refractivity contribution is 0.0933. The Hall–Kier alpha value is -3.08. The zero-order chi connectivity index (χ0) is 26.2. The summed E-state index contributed by atoms with van der Waals surface area (Å²) in [6.45, 7) is 4.01. The van der Waals surface area contributed by atoms with Crippen molar-refractivity contribution in [2.24, 2.45) is 0 Å². The van der Waals surface area contributed by atoms with Gasteiger partial charge in [-0.15, -0.1) is 0 Å². The van der Waals surface area contributed by atoms with Crippen LogP contribution < -0.4 is 5.32 Å². The molecule has 1 amide bonds. The number of nitrogens with one attached hydrogen (secondary N) is 1. The number of amides is 1. The van der Waals surface area contributed by atoms with Crippen molar-refractivity contribution in [1.29, 1.82) is 0 Å². The molecule has 192 valence electrons. The first kappa shape index (κ1) is 27.0. The second-order valence-corrected chi connectivity index (χ2v) is 10.3. The van der Waals surface area contributed by atoms with Gasteiger partial charge in [0, 0.05) is 16.3 Å². The second kappa shape index (κ2) is 12.9. The maximum absolute atomic E-state index is 13.4. The van der Waals surface area contributed by atoms with E-state index in [1.54, 1.807) is 4.68 Å². The van der Waals surface area contributed by atoms with Crippen LogP contribution in [0.25, 0.3) is 5.69 Å². The molecule has 1 atom stereocenters. The number of aromatic nitrogens is 2. The summed E-state index contributed by atoms with van der Waals surface area (Å²) in [5.41, 5.74) is 5.55. The molecule has 4 nitrogen and oxygen atoms in total. The van der Waals surface area contributed by atoms with Crippen molar-refractivity contribution in [3.05, 3.63) is 117 Å². The summed E-state index contributed by atoms with van der Waals surface area (Å²) in [5.74, 6) is -0.164. The normalized spacial score (nSPS) is 11.9. The average Bonchev–Trinajstić information content (AvgIpc) is 3.23. The SMILES string of the molecule is Cc1c(CCCCCCc2ccc(Cl)cc2)c(C(=O)N[C@@H](C)c2ccccc2)nn1-c1ccccc1Cl. The molecule has 0 unspecified atom stereocenters. The highest BCUT2D eigenvalue weighted by molar-refractivity contribution is 6.32. The summed E-state index contributed by atoms with van der Waals surface area (Å²) in [6.07, 6.45) is 6.18. The quantitative estimate of drug-likeness (QED) is 0.197. The molecule has 3 aromatic carbocycles. The lowest BCUT2D eigenvalue weighted by atomic mass is 10.0. The predicted molar refractivity (Wildman–Crippen MR) is 153 cm³/mol. The van der Waals surface area contributed by atoms with Gasteiger partial charge in [-0.3, -0.25) is 4.79 Å². The molecule has 0 spiro atoms. The van der Waals surface area contributed by atoms with E-state index in [-0.39, 0.29) is 11.9 Å². The van der Waals surface area contributed by atoms with E-state index >= 15 is 0 Å². The van der Waals surface area contributed by atoms with E-state index in [4.69, 9.17) is 28.3 Å². The van der Waals surface area contributed by atoms with E-state index in [2.05, 4.69) is 17.4 Å². The van der Waals surface area contributed by atoms with Crippen molar-refractivity contribution < 1.29 is 4.79 Å². The van der Waals surface area contributed by atoms with Crippen LogP contribution >= 0.6 is 23.2 Å². The molecular formula is C31H33Cl2N3O. The van der Waals surface area contributed by atoms with Crippen LogP contribution in [-0.2, 0) is 12.8 Å². The molecule has 0 aliphatic heterocycles. The Balaban J connectivity index is 1.45.